The van der Waals surface area contributed by atoms with Crippen LogP contribution in [0.5, 0.6) is 5.75 Å². The Bertz CT molecular complexity index is 1130. The third kappa shape index (κ3) is 4.68. The Labute approximate surface area is 179 Å². The van der Waals surface area contributed by atoms with Gasteiger partial charge in [-0.25, -0.2) is 8.42 Å². The van der Waals surface area contributed by atoms with Crippen LogP contribution in [0.2, 0.25) is 0 Å². The first kappa shape index (κ1) is 21.1. The first-order valence-corrected chi connectivity index (χ1v) is 11.1. The van der Waals surface area contributed by atoms with E-state index in [0.717, 1.165) is 14.3 Å². The van der Waals surface area contributed by atoms with E-state index in [4.69, 9.17) is 4.74 Å². The molecular formula is C22H20BrNO4S. The maximum absolute atomic E-state index is 13.3. The van der Waals surface area contributed by atoms with Crippen LogP contribution < -0.4 is 9.04 Å². The molecule has 3 aromatic rings. The number of hydrogen-bond acceptors (Lipinski definition) is 4. The number of carbonyl (C=O) groups excluding carboxylic acids is 1. The molecule has 150 valence electrons. The molecule has 0 heterocycles. The molecule has 0 N–H and O–H groups in total. The molecule has 3 aromatic carbocycles. The molecule has 0 bridgehead atoms. The summed E-state index contributed by atoms with van der Waals surface area (Å²) in [6, 6.07) is 20.1. The molecule has 0 saturated carbocycles. The molecule has 0 aromatic heterocycles. The molecular weight excluding hydrogens is 454 g/mol. The van der Waals surface area contributed by atoms with Crippen LogP contribution in [0.1, 0.15) is 11.1 Å². The van der Waals surface area contributed by atoms with Crippen molar-refractivity contribution >= 4 is 37.5 Å². The van der Waals surface area contributed by atoms with E-state index in [1.807, 2.05) is 19.1 Å². The van der Waals surface area contributed by atoms with Crippen LogP contribution in [0.15, 0.2) is 82.2 Å². The van der Waals surface area contributed by atoms with Crippen LogP contribution in [0.25, 0.3) is 0 Å². The van der Waals surface area contributed by atoms with Crippen LogP contribution in [0.4, 0.5) is 5.69 Å². The molecule has 0 aliphatic rings. The van der Waals surface area contributed by atoms with E-state index in [1.54, 1.807) is 55.5 Å². The van der Waals surface area contributed by atoms with Gasteiger partial charge in [0, 0.05) is 4.47 Å². The van der Waals surface area contributed by atoms with E-state index in [0.29, 0.717) is 17.0 Å². The number of aryl methyl sites for hydroxylation is 1. The number of carbonyl (C=O) groups is 1. The van der Waals surface area contributed by atoms with Crippen molar-refractivity contribution < 1.29 is 17.9 Å². The number of sulfonamides is 1. The first-order chi connectivity index (χ1) is 13.8. The topological polar surface area (TPSA) is 63.7 Å². The summed E-state index contributed by atoms with van der Waals surface area (Å²) in [5.41, 5.74) is 1.91. The fourth-order valence-corrected chi connectivity index (χ4v) is 4.68. The summed E-state index contributed by atoms with van der Waals surface area (Å²) in [7, 11) is -4.11. The normalized spacial score (nSPS) is 11.1. The summed E-state index contributed by atoms with van der Waals surface area (Å²) in [6.07, 6.45) is 0. The third-order valence-electron chi connectivity index (χ3n) is 4.46. The molecule has 0 fully saturated rings. The van der Waals surface area contributed by atoms with Gasteiger partial charge >= 0.3 is 0 Å². The Balaban J connectivity index is 2.01. The molecule has 5 nitrogen and oxygen atoms in total. The largest absolute Gasteiger partial charge is 0.484 e. The molecule has 0 aliphatic heterocycles. The SMILES string of the molecule is Cc1cccc(N(C(=O)COc2cccc(Br)c2)S(=O)(=O)c2ccccc2)c1C. The number of hydrogen-bond donors (Lipinski definition) is 0. The zero-order valence-electron chi connectivity index (χ0n) is 16.0. The lowest BCUT2D eigenvalue weighted by molar-refractivity contribution is -0.119. The van der Waals surface area contributed by atoms with E-state index in [2.05, 4.69) is 15.9 Å². The quantitative estimate of drug-likeness (QED) is 0.512. The van der Waals surface area contributed by atoms with Crippen molar-refractivity contribution in [3.8, 4) is 5.75 Å². The fraction of sp³-hybridized carbons (Fsp3) is 0.136. The predicted molar refractivity (Wildman–Crippen MR) is 117 cm³/mol. The monoisotopic (exact) mass is 473 g/mol. The average Bonchev–Trinajstić information content (AvgIpc) is 2.70. The summed E-state index contributed by atoms with van der Waals surface area (Å²) in [5, 5.41) is 0. The van der Waals surface area contributed by atoms with Gasteiger partial charge in [-0.3, -0.25) is 4.79 Å². The molecule has 0 saturated heterocycles. The van der Waals surface area contributed by atoms with Crippen molar-refractivity contribution in [3.63, 3.8) is 0 Å². The average molecular weight is 474 g/mol. The van der Waals surface area contributed by atoms with Gasteiger partial charge in [0.05, 0.1) is 10.6 Å². The van der Waals surface area contributed by atoms with E-state index < -0.39 is 22.5 Å². The predicted octanol–water partition coefficient (Wildman–Crippen LogP) is 4.87. The molecule has 0 spiro atoms. The lowest BCUT2D eigenvalue weighted by Gasteiger charge is -2.25. The zero-order chi connectivity index (χ0) is 21.0. The number of rotatable bonds is 6. The van der Waals surface area contributed by atoms with Gasteiger partial charge in [-0.1, -0.05) is 52.3 Å². The summed E-state index contributed by atoms with van der Waals surface area (Å²) >= 11 is 3.34. The van der Waals surface area contributed by atoms with Crippen molar-refractivity contribution in [1.82, 2.24) is 0 Å². The molecule has 3 rings (SSSR count). The zero-order valence-corrected chi connectivity index (χ0v) is 18.4. The highest BCUT2D eigenvalue weighted by atomic mass is 79.9. The summed E-state index contributed by atoms with van der Waals surface area (Å²) in [6.45, 7) is 3.24. The number of anilines is 1. The Morgan fingerprint density at radius 3 is 2.34 bits per heavy atom. The third-order valence-corrected chi connectivity index (χ3v) is 6.70. The van der Waals surface area contributed by atoms with E-state index >= 15 is 0 Å². The van der Waals surface area contributed by atoms with Crippen LogP contribution in [-0.4, -0.2) is 20.9 Å². The van der Waals surface area contributed by atoms with Gasteiger partial charge in [-0.15, -0.1) is 0 Å². The molecule has 7 heteroatoms. The van der Waals surface area contributed by atoms with Crippen LogP contribution in [0, 0.1) is 13.8 Å². The summed E-state index contributed by atoms with van der Waals surface area (Å²) in [5.74, 6) is -0.215. The second-order valence-electron chi connectivity index (χ2n) is 6.44. The molecule has 1 amide bonds. The second-order valence-corrected chi connectivity index (χ2v) is 9.14. The minimum Gasteiger partial charge on any atom is -0.484 e. The number of ether oxygens (including phenoxy) is 1. The lowest BCUT2D eigenvalue weighted by atomic mass is 10.1. The first-order valence-electron chi connectivity index (χ1n) is 8.88. The molecule has 0 atom stereocenters. The summed E-state index contributed by atoms with van der Waals surface area (Å²) in [4.78, 5) is 13.1. The lowest BCUT2D eigenvalue weighted by Crippen LogP contribution is -2.40. The highest BCUT2D eigenvalue weighted by molar-refractivity contribution is 9.10. The van der Waals surface area contributed by atoms with Crippen LogP contribution >= 0.6 is 15.9 Å². The summed E-state index contributed by atoms with van der Waals surface area (Å²) < 4.78 is 33.9. The Hall–Kier alpha value is -2.64. The standard InChI is InChI=1S/C22H20BrNO4S/c1-16-8-6-13-21(17(16)2)24(29(26,27)20-11-4-3-5-12-20)22(25)15-28-19-10-7-9-18(23)14-19/h3-14H,15H2,1-2H3. The van der Waals surface area contributed by atoms with E-state index in [1.165, 1.54) is 12.1 Å². The minimum atomic E-state index is -4.11. The molecule has 0 radical (unpaired) electrons. The van der Waals surface area contributed by atoms with Crippen molar-refractivity contribution in [2.45, 2.75) is 18.7 Å². The maximum atomic E-state index is 13.3. The maximum Gasteiger partial charge on any atom is 0.278 e. The number of nitrogens with zero attached hydrogens (tertiary/aromatic N) is 1. The van der Waals surface area contributed by atoms with E-state index in [9.17, 15) is 13.2 Å². The van der Waals surface area contributed by atoms with Gasteiger partial charge in [0.15, 0.2) is 6.61 Å². The number of halogens is 1. The van der Waals surface area contributed by atoms with Gasteiger partial charge in [0.1, 0.15) is 5.75 Å². The minimum absolute atomic E-state index is 0.0386. The smallest absolute Gasteiger partial charge is 0.278 e. The van der Waals surface area contributed by atoms with Crippen molar-refractivity contribution in [2.24, 2.45) is 0 Å². The van der Waals surface area contributed by atoms with Crippen LogP contribution in [0.3, 0.4) is 0 Å². The molecule has 0 aliphatic carbocycles. The van der Waals surface area contributed by atoms with Gasteiger partial charge < -0.3 is 4.74 Å². The number of benzene rings is 3. The Kier molecular flexibility index (Phi) is 6.39. The fourth-order valence-electron chi connectivity index (χ4n) is 2.81. The second kappa shape index (κ2) is 8.80. The van der Waals surface area contributed by atoms with E-state index in [-0.39, 0.29) is 4.90 Å². The van der Waals surface area contributed by atoms with Crippen molar-refractivity contribution in [2.75, 3.05) is 10.9 Å². The van der Waals surface area contributed by atoms with Gasteiger partial charge in [0.25, 0.3) is 15.9 Å². The van der Waals surface area contributed by atoms with Gasteiger partial charge in [-0.2, -0.15) is 4.31 Å². The van der Waals surface area contributed by atoms with Crippen molar-refractivity contribution in [1.29, 1.82) is 0 Å². The highest BCUT2D eigenvalue weighted by Crippen LogP contribution is 2.29. The van der Waals surface area contributed by atoms with Crippen LogP contribution in [-0.2, 0) is 14.8 Å². The van der Waals surface area contributed by atoms with Gasteiger partial charge in [0.2, 0.25) is 0 Å². The molecule has 29 heavy (non-hydrogen) atoms. The van der Waals surface area contributed by atoms with Crippen molar-refractivity contribution in [3.05, 3.63) is 88.4 Å². The Morgan fingerprint density at radius 2 is 1.66 bits per heavy atom. The highest BCUT2D eigenvalue weighted by Gasteiger charge is 2.32. The van der Waals surface area contributed by atoms with Gasteiger partial charge in [-0.05, 0) is 61.4 Å². The molecule has 0 unspecified atom stereocenters. The number of amides is 1. The Morgan fingerprint density at radius 1 is 0.966 bits per heavy atom.